The van der Waals surface area contributed by atoms with E-state index in [1.165, 1.54) is 43.9 Å². The number of hydrogen-bond donors (Lipinski definition) is 2. The Labute approximate surface area is 425 Å². The molecule has 0 radical (unpaired) electrons. The van der Waals surface area contributed by atoms with Crippen molar-refractivity contribution in [3.8, 4) is 6.07 Å². The second kappa shape index (κ2) is 21.3. The van der Waals surface area contributed by atoms with E-state index in [0.29, 0.717) is 34.5 Å². The summed E-state index contributed by atoms with van der Waals surface area (Å²) in [6.45, 7) is 8.58. The van der Waals surface area contributed by atoms with Crippen LogP contribution in [0.25, 0.3) is 0 Å². The van der Waals surface area contributed by atoms with Gasteiger partial charge in [-0.15, -0.1) is 0 Å². The number of carbonyl (C=O) groups excluding carboxylic acids is 4. The molecule has 4 aliphatic heterocycles. The van der Waals surface area contributed by atoms with Crippen molar-refractivity contribution in [1.29, 1.82) is 5.26 Å². The molecule has 6 amide bonds. The maximum Gasteiger partial charge on any atom is 0.416 e. The van der Waals surface area contributed by atoms with Crippen molar-refractivity contribution in [1.82, 2.24) is 24.9 Å². The lowest BCUT2D eigenvalue weighted by Gasteiger charge is -2.42. The quantitative estimate of drug-likeness (QED) is 0.0489. The Morgan fingerprint density at radius 2 is 1.16 bits per heavy atom. The summed E-state index contributed by atoms with van der Waals surface area (Å²) in [5.41, 5.74) is 8.05. The number of nitriles is 1. The molecule has 0 fully saturated rings. The molecule has 3 N–H and O–H groups in total. The Bertz CT molecular complexity index is 2950. The molecule has 0 aliphatic carbocycles. The van der Waals surface area contributed by atoms with E-state index in [1.54, 1.807) is 43.0 Å². The third kappa shape index (κ3) is 10.2. The van der Waals surface area contributed by atoms with Crippen LogP contribution in [0.2, 0.25) is 0 Å². The minimum Gasteiger partial charge on any atom is -0.370 e. The van der Waals surface area contributed by atoms with Gasteiger partial charge in [0, 0.05) is 39.3 Å². The van der Waals surface area contributed by atoms with Gasteiger partial charge in [0.1, 0.15) is 0 Å². The zero-order valence-electron chi connectivity index (χ0n) is 41.3. The number of rotatable bonds is 16. The lowest BCUT2D eigenvalue weighted by molar-refractivity contribution is -0.138. The third-order valence-corrected chi connectivity index (χ3v) is 14.1. The van der Waals surface area contributed by atoms with Crippen LogP contribution >= 0.6 is 0 Å². The fourth-order valence-electron chi connectivity index (χ4n) is 9.99. The molecular formula is C54H56F6N10O4. The second-order valence-electron chi connectivity index (χ2n) is 18.5. The number of nitrogens with one attached hydrogen (secondary N) is 1. The summed E-state index contributed by atoms with van der Waals surface area (Å²) in [6.07, 6.45) is -8.06. The maximum atomic E-state index is 14.8. The van der Waals surface area contributed by atoms with Crippen LogP contribution in [0.5, 0.6) is 0 Å². The minimum absolute atomic E-state index is 0.0135. The number of halogens is 6. The number of hydrogen-bond acceptors (Lipinski definition) is 6. The monoisotopic (exact) mass is 1020 g/mol. The molecule has 0 saturated carbocycles. The number of likely N-dealkylation sites (N-methyl/N-ethyl adjacent to an activating group) is 2. The van der Waals surface area contributed by atoms with Crippen LogP contribution in [0.4, 0.5) is 47.3 Å². The van der Waals surface area contributed by atoms with Gasteiger partial charge in [-0.2, -0.15) is 31.6 Å². The Kier molecular flexibility index (Phi) is 15.1. The van der Waals surface area contributed by atoms with Crippen molar-refractivity contribution in [3.63, 3.8) is 0 Å². The zero-order valence-corrected chi connectivity index (χ0v) is 41.3. The molecule has 388 valence electrons. The fraction of sp³-hybridized carbons (Fsp3) is 0.370. The first-order chi connectivity index (χ1) is 35.3. The highest BCUT2D eigenvalue weighted by atomic mass is 19.4. The lowest BCUT2D eigenvalue weighted by atomic mass is 9.90. The molecule has 4 aromatic carbocycles. The summed E-state index contributed by atoms with van der Waals surface area (Å²) in [5.74, 6) is -0.442. The van der Waals surface area contributed by atoms with E-state index in [0.717, 1.165) is 41.1 Å². The van der Waals surface area contributed by atoms with E-state index in [1.807, 2.05) is 24.3 Å². The van der Waals surface area contributed by atoms with Gasteiger partial charge in [-0.3, -0.25) is 24.4 Å². The average Bonchev–Trinajstić information content (AvgIpc) is 3.90. The van der Waals surface area contributed by atoms with Crippen molar-refractivity contribution in [2.45, 2.75) is 77.3 Å². The van der Waals surface area contributed by atoms with E-state index in [4.69, 9.17) is 5.73 Å². The predicted molar refractivity (Wildman–Crippen MR) is 266 cm³/mol. The number of amides is 6. The molecule has 0 spiro atoms. The number of nitrogens with zero attached hydrogens (tertiary/aromatic N) is 8. The molecule has 20 heteroatoms. The van der Waals surface area contributed by atoms with Crippen molar-refractivity contribution >= 4 is 41.2 Å². The second-order valence-corrected chi connectivity index (χ2v) is 18.5. The van der Waals surface area contributed by atoms with E-state index in [2.05, 4.69) is 30.2 Å². The van der Waals surface area contributed by atoms with Crippen molar-refractivity contribution < 1.29 is 45.5 Å². The van der Waals surface area contributed by atoms with E-state index in [-0.39, 0.29) is 105 Å². The molecule has 0 aromatic heterocycles. The van der Waals surface area contributed by atoms with Gasteiger partial charge in [0.15, 0.2) is 5.96 Å². The number of benzene rings is 4. The van der Waals surface area contributed by atoms with Crippen LogP contribution in [0.15, 0.2) is 125 Å². The summed E-state index contributed by atoms with van der Waals surface area (Å²) in [6, 6.07) is 21.9. The largest absolute Gasteiger partial charge is 0.416 e. The third-order valence-electron chi connectivity index (χ3n) is 14.1. The summed E-state index contributed by atoms with van der Waals surface area (Å²) in [7, 11) is 0. The highest BCUT2D eigenvalue weighted by Crippen LogP contribution is 2.46. The van der Waals surface area contributed by atoms with Crippen LogP contribution < -0.4 is 20.9 Å². The van der Waals surface area contributed by atoms with Gasteiger partial charge in [-0.1, -0.05) is 62.4 Å². The summed E-state index contributed by atoms with van der Waals surface area (Å²) in [4.78, 5) is 70.7. The van der Waals surface area contributed by atoms with Gasteiger partial charge in [-0.25, -0.2) is 9.59 Å². The first-order valence-electron chi connectivity index (χ1n) is 24.5. The summed E-state index contributed by atoms with van der Waals surface area (Å²) < 4.78 is 84.1. The molecule has 14 nitrogen and oxygen atoms in total. The summed E-state index contributed by atoms with van der Waals surface area (Å²) >= 11 is 0. The van der Waals surface area contributed by atoms with Crippen molar-refractivity contribution in [2.75, 3.05) is 62.2 Å². The maximum absolute atomic E-state index is 14.8. The number of carbonyl (C=O) groups is 4. The number of nitrogens with two attached hydrogens (primary N) is 1. The standard InChI is InChI=1S/C54H56F6N10O4/c1-5-33(4)35-20-22-37(23-21-35)47-45-43(32-66(7-3)49(45)72)70(41-15-9-13-39(29-41)54(58,59)60)52(74)68(47)27-11-25-64-50(62)63-24-10-26-67-46(36-18-16-34(30-61)17-19-36)44-42(31-65(6-2)48(44)71)69(51(67)73)40-14-8-12-38(28-40)53(55,56)57/h8-9,12-23,28-29,33,46-47H,5-7,10-11,24-27,31-32H2,1-4H3,(H3,62,63,64)/t33?,46-,47-/m1/s1. The smallest absolute Gasteiger partial charge is 0.370 e. The topological polar surface area (TPSA) is 162 Å². The van der Waals surface area contributed by atoms with Crippen LogP contribution in [0.1, 0.15) is 98.3 Å². The minimum atomic E-state index is -4.71. The fourth-order valence-corrected chi connectivity index (χ4v) is 9.99. The molecule has 3 atom stereocenters. The van der Waals surface area contributed by atoms with Gasteiger partial charge >= 0.3 is 24.4 Å². The zero-order chi connectivity index (χ0) is 53.2. The molecule has 4 aliphatic rings. The number of aliphatic imine (C=N–C) groups is 1. The highest BCUT2D eigenvalue weighted by Gasteiger charge is 2.50. The Morgan fingerprint density at radius 1 is 0.703 bits per heavy atom. The van der Waals surface area contributed by atoms with Gasteiger partial charge in [0.05, 0.1) is 81.8 Å². The number of alkyl halides is 6. The van der Waals surface area contributed by atoms with E-state index in [9.17, 15) is 50.8 Å². The predicted octanol–water partition coefficient (Wildman–Crippen LogP) is 9.69. The number of anilines is 2. The normalized spacial score (nSPS) is 19.0. The molecule has 1 unspecified atom stereocenters. The van der Waals surface area contributed by atoms with Gasteiger partial charge in [-0.05, 0) is 104 Å². The molecule has 0 bridgehead atoms. The molecule has 0 saturated heterocycles. The van der Waals surface area contributed by atoms with Crippen LogP contribution in [0, 0.1) is 11.3 Å². The average molecular weight is 1020 g/mol. The Hall–Kier alpha value is -7.82. The first kappa shape index (κ1) is 52.5. The lowest BCUT2D eigenvalue weighted by Crippen LogP contribution is -2.51. The van der Waals surface area contributed by atoms with Crippen LogP contribution in [-0.4, -0.2) is 102 Å². The molecule has 4 heterocycles. The molecule has 4 aromatic rings. The van der Waals surface area contributed by atoms with Gasteiger partial charge in [0.25, 0.3) is 11.8 Å². The SMILES string of the molecule is CCC(C)c1ccc([C@@H]2C3=C(CN(CC)C3=O)N(c3cccc(C(F)(F)F)c3)C(=O)N2CCCNC(N)=NCCCN2C(=O)N(c3cccc(C(F)(F)F)c3)C3=C(C(=O)N(CC)C3)[C@H]2c2ccc(C#N)cc2)cc1. The Balaban J connectivity index is 1.02. The molecular weight excluding hydrogens is 967 g/mol. The van der Waals surface area contributed by atoms with Crippen molar-refractivity contribution in [3.05, 3.63) is 153 Å². The van der Waals surface area contributed by atoms with Crippen molar-refractivity contribution in [2.24, 2.45) is 10.7 Å². The van der Waals surface area contributed by atoms with Crippen LogP contribution in [-0.2, 0) is 21.9 Å². The van der Waals surface area contributed by atoms with E-state index < -0.39 is 47.6 Å². The van der Waals surface area contributed by atoms with E-state index >= 15 is 0 Å². The summed E-state index contributed by atoms with van der Waals surface area (Å²) in [5, 5.41) is 12.6. The highest BCUT2D eigenvalue weighted by molar-refractivity contribution is 6.08. The first-order valence-corrected chi connectivity index (χ1v) is 24.5. The molecule has 74 heavy (non-hydrogen) atoms. The number of urea groups is 2. The van der Waals surface area contributed by atoms with Gasteiger partial charge < -0.3 is 30.7 Å². The van der Waals surface area contributed by atoms with Gasteiger partial charge in [0.2, 0.25) is 0 Å². The molecule has 8 rings (SSSR count). The Morgan fingerprint density at radius 3 is 1.59 bits per heavy atom. The number of guanidine groups is 1. The van der Waals surface area contributed by atoms with Crippen LogP contribution in [0.3, 0.4) is 0 Å².